The lowest BCUT2D eigenvalue weighted by Gasteiger charge is -2.29. The van der Waals surface area contributed by atoms with Crippen molar-refractivity contribution < 1.29 is 4.79 Å². The van der Waals surface area contributed by atoms with Crippen molar-refractivity contribution in [1.29, 1.82) is 0 Å². The third-order valence-corrected chi connectivity index (χ3v) is 3.76. The van der Waals surface area contributed by atoms with Gasteiger partial charge in [-0.1, -0.05) is 13.8 Å². The van der Waals surface area contributed by atoms with Gasteiger partial charge in [0, 0.05) is 19.1 Å². The molecule has 4 heteroatoms. The van der Waals surface area contributed by atoms with Gasteiger partial charge in [-0.15, -0.1) is 12.4 Å². The Labute approximate surface area is 104 Å². The van der Waals surface area contributed by atoms with E-state index >= 15 is 0 Å². The van der Waals surface area contributed by atoms with Crippen LogP contribution in [0.4, 0.5) is 0 Å². The fourth-order valence-electron chi connectivity index (χ4n) is 2.86. The van der Waals surface area contributed by atoms with Gasteiger partial charge < -0.3 is 10.2 Å². The van der Waals surface area contributed by atoms with Crippen molar-refractivity contribution in [3.05, 3.63) is 0 Å². The zero-order chi connectivity index (χ0) is 10.8. The summed E-state index contributed by atoms with van der Waals surface area (Å²) in [5.41, 5.74) is 0. The molecular weight excluding hydrogens is 224 g/mol. The molecule has 0 aliphatic carbocycles. The third-order valence-electron chi connectivity index (χ3n) is 3.76. The average Bonchev–Trinajstić information content (AvgIpc) is 2.88. The highest BCUT2D eigenvalue weighted by Crippen LogP contribution is 2.26. The quantitative estimate of drug-likeness (QED) is 0.804. The minimum atomic E-state index is 0. The second-order valence-electron chi connectivity index (χ2n) is 5.17. The van der Waals surface area contributed by atoms with Crippen molar-refractivity contribution in [2.45, 2.75) is 39.2 Å². The van der Waals surface area contributed by atoms with Crippen molar-refractivity contribution in [1.82, 2.24) is 10.2 Å². The maximum absolute atomic E-state index is 12.2. The summed E-state index contributed by atoms with van der Waals surface area (Å²) in [5.74, 6) is 1.26. The topological polar surface area (TPSA) is 32.3 Å². The van der Waals surface area contributed by atoms with Gasteiger partial charge >= 0.3 is 0 Å². The summed E-state index contributed by atoms with van der Waals surface area (Å²) < 4.78 is 0. The van der Waals surface area contributed by atoms with Gasteiger partial charge in [0.05, 0.1) is 5.92 Å². The maximum atomic E-state index is 12.2. The lowest BCUT2D eigenvalue weighted by molar-refractivity contribution is -0.136. The van der Waals surface area contributed by atoms with E-state index in [2.05, 4.69) is 24.1 Å². The molecular formula is C12H23ClN2O. The van der Waals surface area contributed by atoms with Crippen LogP contribution < -0.4 is 5.32 Å². The standard InChI is InChI=1S/C12H22N2O.ClH/c1-9(2)11-4-3-7-14(11)12(15)10-5-6-13-8-10;/h9-11,13H,3-8H2,1-2H3;1H. The SMILES string of the molecule is CC(C)C1CCCN1C(=O)C1CCNC1.Cl. The van der Waals surface area contributed by atoms with Crippen LogP contribution in [-0.2, 0) is 4.79 Å². The summed E-state index contributed by atoms with van der Waals surface area (Å²) in [4.78, 5) is 14.4. The maximum Gasteiger partial charge on any atom is 0.227 e. The van der Waals surface area contributed by atoms with Crippen LogP contribution >= 0.6 is 12.4 Å². The van der Waals surface area contributed by atoms with E-state index in [1.54, 1.807) is 0 Å². The van der Waals surface area contributed by atoms with Gasteiger partial charge in [0.25, 0.3) is 0 Å². The smallest absolute Gasteiger partial charge is 0.227 e. The van der Waals surface area contributed by atoms with Crippen molar-refractivity contribution in [2.24, 2.45) is 11.8 Å². The zero-order valence-corrected chi connectivity index (χ0v) is 11.1. The summed E-state index contributed by atoms with van der Waals surface area (Å²) in [6.07, 6.45) is 3.42. The molecule has 0 spiro atoms. The highest BCUT2D eigenvalue weighted by Gasteiger charge is 2.35. The fraction of sp³-hybridized carbons (Fsp3) is 0.917. The molecule has 2 atom stereocenters. The lowest BCUT2D eigenvalue weighted by atomic mass is 10.00. The molecule has 94 valence electrons. The van der Waals surface area contributed by atoms with Crippen LogP contribution in [0.3, 0.4) is 0 Å². The largest absolute Gasteiger partial charge is 0.339 e. The molecule has 3 nitrogen and oxygen atoms in total. The van der Waals surface area contributed by atoms with Gasteiger partial charge in [0.1, 0.15) is 0 Å². The minimum absolute atomic E-state index is 0. The number of halogens is 1. The van der Waals surface area contributed by atoms with E-state index in [1.807, 2.05) is 0 Å². The van der Waals surface area contributed by atoms with Gasteiger partial charge in [0.15, 0.2) is 0 Å². The summed E-state index contributed by atoms with van der Waals surface area (Å²) in [6.45, 7) is 7.33. The van der Waals surface area contributed by atoms with Crippen molar-refractivity contribution in [2.75, 3.05) is 19.6 Å². The molecule has 2 aliphatic rings. The Hall–Kier alpha value is -0.280. The Kier molecular flexibility index (Phi) is 5.06. The molecule has 2 unspecified atom stereocenters. The average molecular weight is 247 g/mol. The van der Waals surface area contributed by atoms with E-state index in [0.29, 0.717) is 17.9 Å². The Morgan fingerprint density at radius 1 is 1.38 bits per heavy atom. The number of amides is 1. The van der Waals surface area contributed by atoms with Crippen LogP contribution in [0.5, 0.6) is 0 Å². The molecule has 2 fully saturated rings. The fourth-order valence-corrected chi connectivity index (χ4v) is 2.86. The molecule has 0 aromatic carbocycles. The first-order valence-corrected chi connectivity index (χ1v) is 6.21. The summed E-state index contributed by atoms with van der Waals surface area (Å²) in [7, 11) is 0. The van der Waals surface area contributed by atoms with Crippen LogP contribution in [0, 0.1) is 11.8 Å². The molecule has 2 aliphatic heterocycles. The van der Waals surface area contributed by atoms with Gasteiger partial charge in [0.2, 0.25) is 5.91 Å². The van der Waals surface area contributed by atoms with E-state index in [4.69, 9.17) is 0 Å². The first-order valence-electron chi connectivity index (χ1n) is 6.21. The Balaban J connectivity index is 0.00000128. The minimum Gasteiger partial charge on any atom is -0.339 e. The van der Waals surface area contributed by atoms with Crippen LogP contribution in [0.2, 0.25) is 0 Å². The van der Waals surface area contributed by atoms with Crippen molar-refractivity contribution in [3.8, 4) is 0 Å². The Morgan fingerprint density at radius 3 is 2.69 bits per heavy atom. The van der Waals surface area contributed by atoms with Crippen molar-refractivity contribution in [3.63, 3.8) is 0 Å². The number of carbonyl (C=O) groups is 1. The predicted molar refractivity (Wildman–Crippen MR) is 67.8 cm³/mol. The number of hydrogen-bond donors (Lipinski definition) is 1. The van der Waals surface area contributed by atoms with Gasteiger partial charge in [-0.2, -0.15) is 0 Å². The Bertz CT molecular complexity index is 239. The summed E-state index contributed by atoms with van der Waals surface area (Å²) in [6, 6.07) is 0.498. The third kappa shape index (κ3) is 2.69. The van der Waals surface area contributed by atoms with Crippen molar-refractivity contribution >= 4 is 18.3 Å². The van der Waals surface area contributed by atoms with E-state index in [-0.39, 0.29) is 18.3 Å². The highest BCUT2D eigenvalue weighted by atomic mass is 35.5. The highest BCUT2D eigenvalue weighted by molar-refractivity contribution is 5.85. The van der Waals surface area contributed by atoms with E-state index in [0.717, 1.165) is 26.1 Å². The first kappa shape index (κ1) is 13.8. The molecule has 0 aromatic heterocycles. The van der Waals surface area contributed by atoms with Crippen LogP contribution in [0.25, 0.3) is 0 Å². The zero-order valence-electron chi connectivity index (χ0n) is 10.2. The van der Waals surface area contributed by atoms with Crippen LogP contribution in [0.1, 0.15) is 33.1 Å². The summed E-state index contributed by atoms with van der Waals surface area (Å²) >= 11 is 0. The molecule has 2 saturated heterocycles. The lowest BCUT2D eigenvalue weighted by Crippen LogP contribution is -2.42. The predicted octanol–water partition coefficient (Wildman–Crippen LogP) is 1.66. The monoisotopic (exact) mass is 246 g/mol. The first-order chi connectivity index (χ1) is 7.20. The van der Waals surface area contributed by atoms with E-state index < -0.39 is 0 Å². The normalized spacial score (nSPS) is 29.6. The Morgan fingerprint density at radius 2 is 2.12 bits per heavy atom. The van der Waals surface area contributed by atoms with Gasteiger partial charge in [-0.25, -0.2) is 0 Å². The summed E-state index contributed by atoms with van der Waals surface area (Å²) in [5, 5.41) is 3.27. The number of hydrogen-bond acceptors (Lipinski definition) is 2. The molecule has 0 aromatic rings. The number of likely N-dealkylation sites (tertiary alicyclic amines) is 1. The van der Waals surface area contributed by atoms with E-state index in [9.17, 15) is 4.79 Å². The second-order valence-corrected chi connectivity index (χ2v) is 5.17. The van der Waals surface area contributed by atoms with Crippen LogP contribution in [0.15, 0.2) is 0 Å². The molecule has 0 saturated carbocycles. The second kappa shape index (κ2) is 5.87. The number of carbonyl (C=O) groups excluding carboxylic acids is 1. The van der Waals surface area contributed by atoms with E-state index in [1.165, 1.54) is 12.8 Å². The van der Waals surface area contributed by atoms with Gasteiger partial charge in [-0.3, -0.25) is 4.79 Å². The number of rotatable bonds is 2. The molecule has 2 heterocycles. The molecule has 2 rings (SSSR count). The number of nitrogens with one attached hydrogen (secondary N) is 1. The molecule has 16 heavy (non-hydrogen) atoms. The molecule has 1 amide bonds. The molecule has 1 N–H and O–H groups in total. The van der Waals surface area contributed by atoms with Crippen LogP contribution in [-0.4, -0.2) is 36.5 Å². The van der Waals surface area contributed by atoms with Gasteiger partial charge in [-0.05, 0) is 31.7 Å². The molecule has 0 radical (unpaired) electrons. The molecule has 0 bridgehead atoms. The number of nitrogens with zero attached hydrogens (tertiary/aromatic N) is 1.